The lowest BCUT2D eigenvalue weighted by molar-refractivity contribution is 0.0697. The molecule has 1 N–H and O–H groups in total. The first-order valence-corrected chi connectivity index (χ1v) is 12.3. The van der Waals surface area contributed by atoms with Crippen molar-refractivity contribution < 1.29 is 14.6 Å². The Bertz CT molecular complexity index is 1610. The third-order valence-electron chi connectivity index (χ3n) is 6.60. The Morgan fingerprint density at radius 2 is 1.47 bits per heavy atom. The Morgan fingerprint density at radius 1 is 0.842 bits per heavy atom. The first-order valence-electron chi connectivity index (χ1n) is 12.3. The van der Waals surface area contributed by atoms with Gasteiger partial charge in [-0.1, -0.05) is 47.5 Å². The third-order valence-corrected chi connectivity index (χ3v) is 6.60. The van der Waals surface area contributed by atoms with Gasteiger partial charge < -0.3 is 9.84 Å². The Morgan fingerprint density at radius 3 is 2.11 bits per heavy atom. The third kappa shape index (κ3) is 5.30. The number of hydrogen-bond donors (Lipinski definition) is 1. The van der Waals surface area contributed by atoms with Crippen LogP contribution in [0.3, 0.4) is 0 Å². The zero-order valence-electron chi connectivity index (χ0n) is 22.0. The maximum atomic E-state index is 11.3. The number of aromatic nitrogens is 2. The molecule has 1 atom stereocenters. The van der Waals surface area contributed by atoms with Gasteiger partial charge in [-0.05, 0) is 85.6 Å². The summed E-state index contributed by atoms with van der Waals surface area (Å²) in [6.07, 6.45) is 8.00. The predicted octanol–water partition coefficient (Wildman–Crippen LogP) is 7.55. The molecular formula is C33H30N2O3. The monoisotopic (exact) mass is 502 g/mol. The van der Waals surface area contributed by atoms with E-state index in [4.69, 9.17) is 9.84 Å². The SMILES string of the molecule is C#C.COc1ccc2cc(-c3cc(-c4cc(C)cc(C)c4)nn3C(C)c3ccc(C(=O)O)cc3)ccc2c1. The average molecular weight is 503 g/mol. The van der Waals surface area contributed by atoms with Crippen LogP contribution in [0.15, 0.2) is 84.9 Å². The maximum Gasteiger partial charge on any atom is 0.335 e. The van der Waals surface area contributed by atoms with Gasteiger partial charge in [0.15, 0.2) is 0 Å². The second-order valence-corrected chi connectivity index (χ2v) is 9.27. The molecule has 0 fully saturated rings. The quantitative estimate of drug-likeness (QED) is 0.244. The van der Waals surface area contributed by atoms with Gasteiger partial charge in [0.1, 0.15) is 5.75 Å². The largest absolute Gasteiger partial charge is 0.497 e. The van der Waals surface area contributed by atoms with E-state index in [0.717, 1.165) is 44.6 Å². The summed E-state index contributed by atoms with van der Waals surface area (Å²) >= 11 is 0. The molecule has 38 heavy (non-hydrogen) atoms. The average Bonchev–Trinajstić information content (AvgIpc) is 3.38. The van der Waals surface area contributed by atoms with Crippen molar-refractivity contribution in [3.63, 3.8) is 0 Å². The summed E-state index contributed by atoms with van der Waals surface area (Å²) in [5.74, 6) is -0.102. The molecule has 0 saturated carbocycles. The zero-order chi connectivity index (χ0) is 27.4. The van der Waals surface area contributed by atoms with Crippen LogP contribution in [0.5, 0.6) is 5.75 Å². The molecule has 1 unspecified atom stereocenters. The van der Waals surface area contributed by atoms with Crippen molar-refractivity contribution in [1.29, 1.82) is 0 Å². The molecule has 5 heteroatoms. The summed E-state index contributed by atoms with van der Waals surface area (Å²) in [5, 5.41) is 16.6. The number of rotatable bonds is 6. The molecular weight excluding hydrogens is 472 g/mol. The summed E-state index contributed by atoms with van der Waals surface area (Å²) < 4.78 is 7.42. The highest BCUT2D eigenvalue weighted by Crippen LogP contribution is 2.34. The number of terminal acetylenes is 1. The molecule has 1 aromatic heterocycles. The first-order chi connectivity index (χ1) is 18.3. The van der Waals surface area contributed by atoms with Gasteiger partial charge in [-0.3, -0.25) is 4.68 Å². The summed E-state index contributed by atoms with van der Waals surface area (Å²) in [5.41, 5.74) is 7.68. The molecule has 5 aromatic rings. The number of carboxylic acids is 1. The van der Waals surface area contributed by atoms with Crippen LogP contribution in [0.25, 0.3) is 33.3 Å². The molecule has 4 aromatic carbocycles. The van der Waals surface area contributed by atoms with E-state index in [1.807, 2.05) is 28.9 Å². The van der Waals surface area contributed by atoms with E-state index in [0.29, 0.717) is 0 Å². The van der Waals surface area contributed by atoms with Crippen LogP contribution >= 0.6 is 0 Å². The fourth-order valence-electron chi connectivity index (χ4n) is 4.72. The fourth-order valence-corrected chi connectivity index (χ4v) is 4.72. The molecule has 0 saturated heterocycles. The van der Waals surface area contributed by atoms with Gasteiger partial charge in [0.2, 0.25) is 0 Å². The molecule has 5 rings (SSSR count). The van der Waals surface area contributed by atoms with Crippen molar-refractivity contribution in [2.24, 2.45) is 0 Å². The number of aryl methyl sites for hydroxylation is 2. The molecule has 190 valence electrons. The normalized spacial score (nSPS) is 11.4. The van der Waals surface area contributed by atoms with Gasteiger partial charge in [-0.2, -0.15) is 5.10 Å². The molecule has 0 radical (unpaired) electrons. The van der Waals surface area contributed by atoms with E-state index >= 15 is 0 Å². The minimum Gasteiger partial charge on any atom is -0.497 e. The van der Waals surface area contributed by atoms with Gasteiger partial charge in [-0.25, -0.2) is 4.79 Å². The van der Waals surface area contributed by atoms with Crippen LogP contribution in [-0.2, 0) is 0 Å². The number of benzene rings is 4. The lowest BCUT2D eigenvalue weighted by Crippen LogP contribution is -2.10. The van der Waals surface area contributed by atoms with Crippen molar-refractivity contribution >= 4 is 16.7 Å². The first kappa shape index (κ1) is 26.2. The zero-order valence-corrected chi connectivity index (χ0v) is 22.0. The number of carboxylic acid groups (broad SMARTS) is 1. The topological polar surface area (TPSA) is 64.4 Å². The Hall–Kier alpha value is -4.82. The number of methoxy groups -OCH3 is 1. The van der Waals surface area contributed by atoms with Gasteiger partial charge >= 0.3 is 5.97 Å². The van der Waals surface area contributed by atoms with Crippen LogP contribution in [0.4, 0.5) is 0 Å². The van der Waals surface area contributed by atoms with E-state index in [1.54, 1.807) is 19.2 Å². The Balaban J connectivity index is 0.00000164. The van der Waals surface area contributed by atoms with Crippen LogP contribution in [0.2, 0.25) is 0 Å². The number of fused-ring (bicyclic) bond motifs is 1. The lowest BCUT2D eigenvalue weighted by atomic mass is 10.0. The molecule has 1 heterocycles. The maximum absolute atomic E-state index is 11.3. The highest BCUT2D eigenvalue weighted by molar-refractivity contribution is 5.89. The predicted molar refractivity (Wildman–Crippen MR) is 154 cm³/mol. The van der Waals surface area contributed by atoms with Crippen LogP contribution < -0.4 is 4.74 Å². The summed E-state index contributed by atoms with van der Waals surface area (Å²) in [6, 6.07) is 28.0. The van der Waals surface area contributed by atoms with Crippen LogP contribution in [0.1, 0.15) is 40.0 Å². The second kappa shape index (κ2) is 11.1. The van der Waals surface area contributed by atoms with E-state index in [1.165, 1.54) is 11.1 Å². The number of ether oxygens (including phenoxy) is 1. The Kier molecular flexibility index (Phi) is 7.64. The minimum absolute atomic E-state index is 0.103. The number of nitrogens with zero attached hydrogens (tertiary/aromatic N) is 2. The number of hydrogen-bond acceptors (Lipinski definition) is 3. The molecule has 0 aliphatic heterocycles. The standard InChI is InChI=1S/C31H28N2O3.C2H2/c1-19-13-20(2)15-27(14-19)29-18-30(26-10-9-25-17-28(36-4)12-11-24(25)16-26)33(32-29)21(3)22-5-7-23(8-6-22)31(34)35;1-2/h5-18,21H,1-4H3,(H,34,35);1-2H. The van der Waals surface area contributed by atoms with Crippen molar-refractivity contribution in [1.82, 2.24) is 9.78 Å². The van der Waals surface area contributed by atoms with Gasteiger partial charge in [0.05, 0.1) is 30.1 Å². The van der Waals surface area contributed by atoms with E-state index < -0.39 is 5.97 Å². The van der Waals surface area contributed by atoms with Crippen molar-refractivity contribution in [2.75, 3.05) is 7.11 Å². The molecule has 0 aliphatic carbocycles. The highest BCUT2D eigenvalue weighted by atomic mass is 16.5. The number of carbonyl (C=O) groups is 1. The second-order valence-electron chi connectivity index (χ2n) is 9.27. The van der Waals surface area contributed by atoms with Gasteiger partial charge in [0, 0.05) is 11.1 Å². The fraction of sp³-hybridized carbons (Fsp3) is 0.152. The van der Waals surface area contributed by atoms with Crippen molar-refractivity contribution in [3.8, 4) is 41.1 Å². The highest BCUT2D eigenvalue weighted by Gasteiger charge is 2.19. The smallest absolute Gasteiger partial charge is 0.335 e. The van der Waals surface area contributed by atoms with Crippen molar-refractivity contribution in [2.45, 2.75) is 26.8 Å². The number of aromatic carboxylic acids is 1. The van der Waals surface area contributed by atoms with E-state index in [9.17, 15) is 9.90 Å². The lowest BCUT2D eigenvalue weighted by Gasteiger charge is -2.17. The molecule has 0 amide bonds. The molecule has 0 aliphatic rings. The summed E-state index contributed by atoms with van der Waals surface area (Å²) in [4.78, 5) is 11.3. The molecule has 0 bridgehead atoms. The summed E-state index contributed by atoms with van der Waals surface area (Å²) in [7, 11) is 1.67. The summed E-state index contributed by atoms with van der Waals surface area (Å²) in [6.45, 7) is 6.28. The van der Waals surface area contributed by atoms with E-state index in [2.05, 4.69) is 82.1 Å². The molecule has 0 spiro atoms. The van der Waals surface area contributed by atoms with Crippen molar-refractivity contribution in [3.05, 3.63) is 107 Å². The minimum atomic E-state index is -0.932. The van der Waals surface area contributed by atoms with E-state index in [-0.39, 0.29) is 11.6 Å². The van der Waals surface area contributed by atoms with Gasteiger partial charge in [0.25, 0.3) is 0 Å². The van der Waals surface area contributed by atoms with Gasteiger partial charge in [-0.15, -0.1) is 12.8 Å². The van der Waals surface area contributed by atoms with Crippen LogP contribution in [0, 0.1) is 26.7 Å². The van der Waals surface area contributed by atoms with Crippen LogP contribution in [-0.4, -0.2) is 28.0 Å². The Labute approximate surface area is 223 Å². The molecule has 5 nitrogen and oxygen atoms in total.